The van der Waals surface area contributed by atoms with Gasteiger partial charge >= 0.3 is 6.03 Å². The highest BCUT2D eigenvalue weighted by Crippen LogP contribution is 2.15. The summed E-state index contributed by atoms with van der Waals surface area (Å²) >= 11 is 0. The van der Waals surface area contributed by atoms with Gasteiger partial charge in [0.05, 0.1) is 17.5 Å². The van der Waals surface area contributed by atoms with Gasteiger partial charge in [-0.15, -0.1) is 0 Å². The summed E-state index contributed by atoms with van der Waals surface area (Å²) in [6.07, 6.45) is 1.60. The molecule has 0 saturated carbocycles. The third-order valence-corrected chi connectivity index (χ3v) is 4.79. The Morgan fingerprint density at radius 3 is 2.44 bits per heavy atom. The smallest absolute Gasteiger partial charge is 0.319 e. The lowest BCUT2D eigenvalue weighted by molar-refractivity contribution is 0.224. The lowest BCUT2D eigenvalue weighted by Gasteiger charge is -2.17. The Labute approximate surface area is 147 Å². The number of carbonyl (C=O) groups excluding carboxylic acids is 1. The van der Waals surface area contributed by atoms with Crippen molar-refractivity contribution in [1.29, 1.82) is 0 Å². The molecule has 0 saturated heterocycles. The fraction of sp³-hybridized carbons (Fsp3) is 0.278. The van der Waals surface area contributed by atoms with Crippen molar-refractivity contribution in [3.63, 3.8) is 0 Å². The van der Waals surface area contributed by atoms with Crippen LogP contribution in [0.25, 0.3) is 0 Å². The first kappa shape index (κ1) is 19.0. The number of sulfone groups is 1. The first-order valence-corrected chi connectivity index (χ1v) is 9.71. The van der Waals surface area contributed by atoms with E-state index in [-0.39, 0.29) is 11.5 Å². The molecule has 2 amide bonds. The molecule has 0 heterocycles. The summed E-state index contributed by atoms with van der Waals surface area (Å²) in [5, 5.41) is 14.8. The quantitative estimate of drug-likeness (QED) is 0.733. The normalized spacial score (nSPS) is 12.4. The van der Waals surface area contributed by atoms with Crippen LogP contribution in [0.3, 0.4) is 0 Å². The van der Waals surface area contributed by atoms with Crippen molar-refractivity contribution in [2.45, 2.75) is 24.3 Å². The Hall–Kier alpha value is -2.38. The molecule has 25 heavy (non-hydrogen) atoms. The zero-order valence-corrected chi connectivity index (χ0v) is 15.0. The van der Waals surface area contributed by atoms with Crippen molar-refractivity contribution < 1.29 is 18.3 Å². The van der Waals surface area contributed by atoms with Crippen LogP contribution in [-0.2, 0) is 16.3 Å². The predicted molar refractivity (Wildman–Crippen MR) is 97.5 cm³/mol. The van der Waals surface area contributed by atoms with E-state index in [1.165, 1.54) is 12.1 Å². The number of hydrogen-bond acceptors (Lipinski definition) is 4. The van der Waals surface area contributed by atoms with Crippen LogP contribution in [0.2, 0.25) is 0 Å². The first-order valence-electron chi connectivity index (χ1n) is 7.82. The van der Waals surface area contributed by atoms with Gasteiger partial charge in [-0.05, 0) is 37.1 Å². The van der Waals surface area contributed by atoms with Gasteiger partial charge in [-0.2, -0.15) is 0 Å². The van der Waals surface area contributed by atoms with E-state index >= 15 is 0 Å². The van der Waals surface area contributed by atoms with Crippen LogP contribution in [0.1, 0.15) is 11.1 Å². The van der Waals surface area contributed by atoms with E-state index in [1.807, 2.05) is 31.2 Å². The van der Waals surface area contributed by atoms with E-state index < -0.39 is 21.9 Å². The number of aryl methyl sites for hydroxylation is 1. The number of benzene rings is 2. The number of hydrogen-bond donors (Lipinski definition) is 3. The fourth-order valence-electron chi connectivity index (χ4n) is 2.33. The predicted octanol–water partition coefficient (Wildman–Crippen LogP) is 2.12. The molecule has 0 bridgehead atoms. The average Bonchev–Trinajstić information content (AvgIpc) is 2.55. The average molecular weight is 362 g/mol. The molecule has 2 rings (SSSR count). The van der Waals surface area contributed by atoms with Gasteiger partial charge in [-0.1, -0.05) is 35.9 Å². The molecule has 134 valence electrons. The van der Waals surface area contributed by atoms with Gasteiger partial charge in [0.1, 0.15) is 0 Å². The van der Waals surface area contributed by atoms with Gasteiger partial charge in [0.2, 0.25) is 0 Å². The maximum Gasteiger partial charge on any atom is 0.319 e. The van der Waals surface area contributed by atoms with Crippen LogP contribution in [0, 0.1) is 6.92 Å². The zero-order valence-electron chi connectivity index (χ0n) is 14.2. The molecular formula is C18H22N2O4S. The van der Waals surface area contributed by atoms with Crippen molar-refractivity contribution in [1.82, 2.24) is 5.32 Å². The van der Waals surface area contributed by atoms with Crippen LogP contribution >= 0.6 is 0 Å². The number of anilines is 1. The maximum atomic E-state index is 12.1. The number of nitrogens with one attached hydrogen (secondary N) is 2. The third kappa shape index (κ3) is 5.88. The van der Waals surface area contributed by atoms with Gasteiger partial charge in [-0.25, -0.2) is 13.2 Å². The topological polar surface area (TPSA) is 95.5 Å². The van der Waals surface area contributed by atoms with Crippen LogP contribution in [-0.4, -0.2) is 38.5 Å². The molecule has 1 atom stereocenters. The summed E-state index contributed by atoms with van der Waals surface area (Å²) in [5.74, 6) is 0. The van der Waals surface area contributed by atoms with Crippen LogP contribution in [0.4, 0.5) is 10.5 Å². The van der Waals surface area contributed by atoms with E-state index in [9.17, 15) is 18.3 Å². The summed E-state index contributed by atoms with van der Waals surface area (Å²) in [5.41, 5.74) is 2.51. The summed E-state index contributed by atoms with van der Waals surface area (Å²) in [6.45, 7) is 1.79. The molecular weight excluding hydrogens is 340 g/mol. The molecule has 2 aromatic carbocycles. The van der Waals surface area contributed by atoms with E-state index in [2.05, 4.69) is 10.6 Å². The largest absolute Gasteiger partial charge is 0.394 e. The minimum absolute atomic E-state index is 0.128. The minimum Gasteiger partial charge on any atom is -0.394 e. The van der Waals surface area contributed by atoms with Crippen LogP contribution in [0.5, 0.6) is 0 Å². The van der Waals surface area contributed by atoms with E-state index in [1.54, 1.807) is 12.1 Å². The highest BCUT2D eigenvalue weighted by atomic mass is 32.2. The molecule has 0 fully saturated rings. The lowest BCUT2D eigenvalue weighted by Crippen LogP contribution is -2.41. The second-order valence-corrected chi connectivity index (χ2v) is 7.98. The van der Waals surface area contributed by atoms with Gasteiger partial charge in [0.25, 0.3) is 0 Å². The summed E-state index contributed by atoms with van der Waals surface area (Å²) < 4.78 is 23.1. The SMILES string of the molecule is Cc1ccc(CC(CO)NC(=O)Nc2cccc(S(C)(=O)=O)c2)cc1. The van der Waals surface area contributed by atoms with E-state index in [4.69, 9.17) is 0 Å². The molecule has 7 heteroatoms. The van der Waals surface area contributed by atoms with Crippen LogP contribution in [0.15, 0.2) is 53.4 Å². The molecule has 0 aromatic heterocycles. The Morgan fingerprint density at radius 1 is 1.16 bits per heavy atom. The van der Waals surface area contributed by atoms with Gasteiger partial charge in [0.15, 0.2) is 9.84 Å². The highest BCUT2D eigenvalue weighted by molar-refractivity contribution is 7.90. The minimum atomic E-state index is -3.34. The summed E-state index contributed by atoms with van der Waals surface area (Å²) in [6, 6.07) is 12.9. The van der Waals surface area contributed by atoms with Gasteiger partial charge in [0, 0.05) is 11.9 Å². The number of rotatable bonds is 6. The molecule has 0 radical (unpaired) electrons. The molecule has 1 unspecified atom stereocenters. The number of aliphatic hydroxyl groups excluding tert-OH is 1. The Balaban J connectivity index is 1.99. The molecule has 0 aliphatic carbocycles. The van der Waals surface area contributed by atoms with Crippen LogP contribution < -0.4 is 10.6 Å². The van der Waals surface area contributed by atoms with Crippen molar-refractivity contribution in [2.24, 2.45) is 0 Å². The standard InChI is InChI=1S/C18H22N2O4S/c1-13-6-8-14(9-7-13)10-16(12-21)20-18(22)19-15-4-3-5-17(11-15)25(2,23)24/h3-9,11,16,21H,10,12H2,1-2H3,(H2,19,20,22). The molecule has 2 aromatic rings. The number of urea groups is 1. The van der Waals surface area contributed by atoms with Gasteiger partial charge < -0.3 is 15.7 Å². The van der Waals surface area contributed by atoms with E-state index in [0.29, 0.717) is 12.1 Å². The molecule has 6 nitrogen and oxygen atoms in total. The Morgan fingerprint density at radius 2 is 1.84 bits per heavy atom. The molecule has 0 spiro atoms. The third-order valence-electron chi connectivity index (χ3n) is 3.68. The fourth-order valence-corrected chi connectivity index (χ4v) is 2.99. The molecule has 3 N–H and O–H groups in total. The monoisotopic (exact) mass is 362 g/mol. The Kier molecular flexibility index (Phi) is 6.17. The van der Waals surface area contributed by atoms with Crippen molar-refractivity contribution in [2.75, 3.05) is 18.2 Å². The first-order chi connectivity index (χ1) is 11.8. The second kappa shape index (κ2) is 8.13. The molecule has 0 aliphatic heterocycles. The summed E-state index contributed by atoms with van der Waals surface area (Å²) in [7, 11) is -3.34. The second-order valence-electron chi connectivity index (χ2n) is 5.97. The summed E-state index contributed by atoms with van der Waals surface area (Å²) in [4.78, 5) is 12.2. The number of carbonyl (C=O) groups is 1. The lowest BCUT2D eigenvalue weighted by atomic mass is 10.1. The molecule has 0 aliphatic rings. The highest BCUT2D eigenvalue weighted by Gasteiger charge is 2.13. The number of aliphatic hydroxyl groups is 1. The Bertz CT molecular complexity index is 832. The van der Waals surface area contributed by atoms with E-state index in [0.717, 1.165) is 17.4 Å². The van der Waals surface area contributed by atoms with Crippen molar-refractivity contribution >= 4 is 21.6 Å². The van der Waals surface area contributed by atoms with Gasteiger partial charge in [-0.3, -0.25) is 0 Å². The maximum absolute atomic E-state index is 12.1. The van der Waals surface area contributed by atoms with Crippen molar-refractivity contribution in [3.8, 4) is 0 Å². The van der Waals surface area contributed by atoms with Crippen molar-refractivity contribution in [3.05, 3.63) is 59.7 Å². The zero-order chi connectivity index (χ0) is 18.4. The number of amides is 2.